The minimum atomic E-state index is 0.148. The van der Waals surface area contributed by atoms with Gasteiger partial charge in [0, 0.05) is 33.2 Å². The molecule has 2 aromatic rings. The molecule has 1 aliphatic rings. The van der Waals surface area contributed by atoms with E-state index in [-0.39, 0.29) is 5.91 Å². The molecule has 0 aliphatic carbocycles. The number of amides is 1. The van der Waals surface area contributed by atoms with Crippen LogP contribution in [0.3, 0.4) is 0 Å². The minimum Gasteiger partial charge on any atom is -0.494 e. The topological polar surface area (TPSA) is 59.8 Å². The normalized spacial score (nSPS) is 15.1. The number of ether oxygens (including phenoxy) is 1. The van der Waals surface area contributed by atoms with Crippen LogP contribution in [0.25, 0.3) is 0 Å². The Hall–Kier alpha value is -2.88. The van der Waals surface area contributed by atoms with Gasteiger partial charge in [-0.15, -0.1) is 0 Å². The van der Waals surface area contributed by atoms with Crippen LogP contribution in [0.2, 0.25) is 0 Å². The molecule has 0 atom stereocenters. The van der Waals surface area contributed by atoms with E-state index in [2.05, 4.69) is 15.9 Å². The number of rotatable bonds is 8. The molecule has 2 aromatic carbocycles. The fraction of sp³-hybridized carbons (Fsp3) is 0.440. The number of nitrogens with zero attached hydrogens (tertiary/aromatic N) is 4. The van der Waals surface area contributed by atoms with Gasteiger partial charge in [-0.25, -0.2) is 0 Å². The van der Waals surface area contributed by atoms with E-state index in [0.717, 1.165) is 50.5 Å². The molecule has 1 saturated heterocycles. The standard InChI is InChI=1S/C25H32N4O2/c1-3-31-24-11-9-22(10-12-24)18-27(2)25(30)20-29-14-4-13-28(15-16-29)19-23-7-5-21(17-26)6-8-23/h5-12H,3-4,13-16,18-20H2,1-2H3. The summed E-state index contributed by atoms with van der Waals surface area (Å²) in [4.78, 5) is 19.2. The molecule has 0 saturated carbocycles. The Morgan fingerprint density at radius 1 is 1.00 bits per heavy atom. The largest absolute Gasteiger partial charge is 0.494 e. The number of benzene rings is 2. The second kappa shape index (κ2) is 11.5. The van der Waals surface area contributed by atoms with Gasteiger partial charge in [-0.05, 0) is 61.8 Å². The molecule has 6 heteroatoms. The molecule has 0 radical (unpaired) electrons. The number of carbonyl (C=O) groups is 1. The molecule has 1 aliphatic heterocycles. The van der Waals surface area contributed by atoms with Gasteiger partial charge in [0.2, 0.25) is 5.91 Å². The minimum absolute atomic E-state index is 0.148. The molecular formula is C25H32N4O2. The van der Waals surface area contributed by atoms with Crippen molar-refractivity contribution >= 4 is 5.91 Å². The zero-order chi connectivity index (χ0) is 22.1. The quantitative estimate of drug-likeness (QED) is 0.657. The third-order valence-electron chi connectivity index (χ3n) is 5.61. The lowest BCUT2D eigenvalue weighted by Gasteiger charge is -2.24. The van der Waals surface area contributed by atoms with Gasteiger partial charge in [-0.3, -0.25) is 14.6 Å². The maximum absolute atomic E-state index is 12.7. The number of hydrogen-bond donors (Lipinski definition) is 0. The van der Waals surface area contributed by atoms with Crippen LogP contribution in [-0.4, -0.2) is 67.0 Å². The summed E-state index contributed by atoms with van der Waals surface area (Å²) in [6.07, 6.45) is 1.05. The lowest BCUT2D eigenvalue weighted by Crippen LogP contribution is -2.39. The van der Waals surface area contributed by atoms with Crippen LogP contribution in [0.15, 0.2) is 48.5 Å². The van der Waals surface area contributed by atoms with Crippen LogP contribution in [0.1, 0.15) is 30.0 Å². The molecule has 0 N–H and O–H groups in total. The molecule has 6 nitrogen and oxygen atoms in total. The Morgan fingerprint density at radius 2 is 1.65 bits per heavy atom. The van der Waals surface area contributed by atoms with Crippen molar-refractivity contribution in [3.8, 4) is 11.8 Å². The van der Waals surface area contributed by atoms with Gasteiger partial charge < -0.3 is 9.64 Å². The number of likely N-dealkylation sites (N-methyl/N-ethyl adjacent to an activating group) is 1. The van der Waals surface area contributed by atoms with Crippen molar-refractivity contribution in [1.82, 2.24) is 14.7 Å². The number of hydrogen-bond acceptors (Lipinski definition) is 5. The van der Waals surface area contributed by atoms with Crippen LogP contribution >= 0.6 is 0 Å². The maximum atomic E-state index is 12.7. The van der Waals surface area contributed by atoms with Crippen molar-refractivity contribution in [2.45, 2.75) is 26.4 Å². The molecule has 3 rings (SSSR count). The molecule has 164 valence electrons. The van der Waals surface area contributed by atoms with Gasteiger partial charge in [0.05, 0.1) is 24.8 Å². The van der Waals surface area contributed by atoms with Gasteiger partial charge in [0.1, 0.15) is 5.75 Å². The smallest absolute Gasteiger partial charge is 0.236 e. The predicted molar refractivity (Wildman–Crippen MR) is 122 cm³/mol. The van der Waals surface area contributed by atoms with Gasteiger partial charge in [-0.2, -0.15) is 5.26 Å². The van der Waals surface area contributed by atoms with Gasteiger partial charge in [0.15, 0.2) is 0 Å². The van der Waals surface area contributed by atoms with Gasteiger partial charge >= 0.3 is 0 Å². The summed E-state index contributed by atoms with van der Waals surface area (Å²) in [5, 5.41) is 8.94. The second-order valence-electron chi connectivity index (χ2n) is 8.04. The summed E-state index contributed by atoms with van der Waals surface area (Å²) in [5.74, 6) is 1.00. The van der Waals surface area contributed by atoms with Crippen LogP contribution in [-0.2, 0) is 17.9 Å². The summed E-state index contributed by atoms with van der Waals surface area (Å²) >= 11 is 0. The Labute approximate surface area is 185 Å². The highest BCUT2D eigenvalue weighted by Crippen LogP contribution is 2.14. The zero-order valence-electron chi connectivity index (χ0n) is 18.6. The zero-order valence-corrected chi connectivity index (χ0v) is 18.6. The van der Waals surface area contributed by atoms with E-state index < -0.39 is 0 Å². The lowest BCUT2D eigenvalue weighted by molar-refractivity contribution is -0.131. The van der Waals surface area contributed by atoms with Crippen molar-refractivity contribution in [2.24, 2.45) is 0 Å². The van der Waals surface area contributed by atoms with E-state index >= 15 is 0 Å². The first-order chi connectivity index (χ1) is 15.1. The first kappa shape index (κ1) is 22.8. The van der Waals surface area contributed by atoms with Crippen LogP contribution in [0, 0.1) is 11.3 Å². The molecule has 0 aromatic heterocycles. The molecule has 31 heavy (non-hydrogen) atoms. The van der Waals surface area contributed by atoms with Crippen molar-refractivity contribution in [3.63, 3.8) is 0 Å². The maximum Gasteiger partial charge on any atom is 0.236 e. The average molecular weight is 421 g/mol. The molecule has 0 unspecified atom stereocenters. The van der Waals surface area contributed by atoms with Crippen LogP contribution in [0.4, 0.5) is 0 Å². The third kappa shape index (κ3) is 7.09. The molecule has 0 spiro atoms. The SMILES string of the molecule is CCOc1ccc(CN(C)C(=O)CN2CCCN(Cc3ccc(C#N)cc3)CC2)cc1. The van der Waals surface area contributed by atoms with Gasteiger partial charge in [0.25, 0.3) is 0 Å². The fourth-order valence-electron chi connectivity index (χ4n) is 3.82. The monoisotopic (exact) mass is 420 g/mol. The summed E-state index contributed by atoms with van der Waals surface area (Å²) < 4.78 is 5.48. The van der Waals surface area contributed by atoms with Crippen molar-refractivity contribution in [2.75, 3.05) is 46.4 Å². The van der Waals surface area contributed by atoms with Crippen molar-refractivity contribution < 1.29 is 9.53 Å². The molecule has 1 amide bonds. The first-order valence-corrected chi connectivity index (χ1v) is 11.0. The molecular weight excluding hydrogens is 388 g/mol. The Balaban J connectivity index is 1.45. The number of carbonyl (C=O) groups excluding carboxylic acids is 1. The summed E-state index contributed by atoms with van der Waals surface area (Å²) in [6, 6.07) is 17.9. The van der Waals surface area contributed by atoms with E-state index in [0.29, 0.717) is 25.3 Å². The average Bonchev–Trinajstić information content (AvgIpc) is 3.00. The van der Waals surface area contributed by atoms with Crippen LogP contribution in [0.5, 0.6) is 5.75 Å². The van der Waals surface area contributed by atoms with E-state index in [4.69, 9.17) is 10.00 Å². The second-order valence-corrected chi connectivity index (χ2v) is 8.04. The Kier molecular flexibility index (Phi) is 8.45. The highest BCUT2D eigenvalue weighted by Gasteiger charge is 2.19. The first-order valence-electron chi connectivity index (χ1n) is 11.0. The highest BCUT2D eigenvalue weighted by molar-refractivity contribution is 5.78. The van der Waals surface area contributed by atoms with E-state index in [1.165, 1.54) is 5.56 Å². The van der Waals surface area contributed by atoms with Crippen molar-refractivity contribution in [1.29, 1.82) is 5.26 Å². The molecule has 1 heterocycles. The summed E-state index contributed by atoms with van der Waals surface area (Å²) in [7, 11) is 1.87. The lowest BCUT2D eigenvalue weighted by atomic mass is 10.1. The Bertz CT molecular complexity index is 874. The summed E-state index contributed by atoms with van der Waals surface area (Å²) in [5.41, 5.74) is 3.01. The van der Waals surface area contributed by atoms with E-state index in [1.807, 2.05) is 62.5 Å². The molecule has 1 fully saturated rings. The third-order valence-corrected chi connectivity index (χ3v) is 5.61. The summed E-state index contributed by atoms with van der Waals surface area (Å²) in [6.45, 7) is 8.34. The van der Waals surface area contributed by atoms with Gasteiger partial charge in [-0.1, -0.05) is 24.3 Å². The van der Waals surface area contributed by atoms with Crippen molar-refractivity contribution in [3.05, 3.63) is 65.2 Å². The fourth-order valence-corrected chi connectivity index (χ4v) is 3.82. The Morgan fingerprint density at radius 3 is 2.32 bits per heavy atom. The van der Waals surface area contributed by atoms with E-state index in [1.54, 1.807) is 4.90 Å². The highest BCUT2D eigenvalue weighted by atomic mass is 16.5. The molecule has 0 bridgehead atoms. The predicted octanol–water partition coefficient (Wildman–Crippen LogP) is 3.12. The van der Waals surface area contributed by atoms with Crippen LogP contribution < -0.4 is 4.74 Å². The van der Waals surface area contributed by atoms with E-state index in [9.17, 15) is 4.79 Å². The number of nitriles is 1.